The molecule has 0 bridgehead atoms. The van der Waals surface area contributed by atoms with Crippen molar-refractivity contribution in [2.45, 2.75) is 19.0 Å². The van der Waals surface area contributed by atoms with Crippen molar-refractivity contribution >= 4 is 10.9 Å². The second-order valence-corrected chi connectivity index (χ2v) is 7.93. The predicted octanol–water partition coefficient (Wildman–Crippen LogP) is 4.83. The van der Waals surface area contributed by atoms with Gasteiger partial charge in [-0.05, 0) is 41.8 Å². The molecule has 0 spiro atoms. The van der Waals surface area contributed by atoms with Crippen LogP contribution in [0.15, 0.2) is 72.8 Å². The van der Waals surface area contributed by atoms with Crippen LogP contribution in [0.3, 0.4) is 0 Å². The number of aromatic nitrogens is 1. The molecule has 5 rings (SSSR count). The monoisotopic (exact) mass is 416 g/mol. The van der Waals surface area contributed by atoms with Gasteiger partial charge in [-0.25, -0.2) is 4.39 Å². The van der Waals surface area contributed by atoms with E-state index in [-0.39, 0.29) is 25.1 Å². The van der Waals surface area contributed by atoms with Gasteiger partial charge in [-0.3, -0.25) is 4.90 Å². The maximum Gasteiger partial charge on any atom is 0.128 e. The first-order chi connectivity index (χ1) is 15.2. The molecular weight excluding hydrogens is 391 g/mol. The number of aliphatic hydroxyl groups excluding tert-OH is 1. The highest BCUT2D eigenvalue weighted by molar-refractivity contribution is 5.85. The Labute approximate surface area is 180 Å². The Balaban J connectivity index is 1.55. The number of nitrogens with one attached hydrogen (secondary N) is 1. The van der Waals surface area contributed by atoms with Crippen LogP contribution in [-0.4, -0.2) is 34.7 Å². The van der Waals surface area contributed by atoms with E-state index in [1.54, 1.807) is 6.07 Å². The van der Waals surface area contributed by atoms with Crippen molar-refractivity contribution in [2.24, 2.45) is 0 Å². The quantitative estimate of drug-likeness (QED) is 0.474. The highest BCUT2D eigenvalue weighted by atomic mass is 19.1. The zero-order valence-electron chi connectivity index (χ0n) is 17.2. The second-order valence-electron chi connectivity index (χ2n) is 7.93. The molecule has 158 valence electrons. The van der Waals surface area contributed by atoms with Crippen molar-refractivity contribution in [3.05, 3.63) is 101 Å². The number of H-pyrrole nitrogens is 1. The minimum Gasteiger partial charge on any atom is -0.491 e. The number of para-hydroxylation sites is 1. The fraction of sp³-hybridized carbons (Fsp3) is 0.231. The average Bonchev–Trinajstić information content (AvgIpc) is 3.17. The summed E-state index contributed by atoms with van der Waals surface area (Å²) in [4.78, 5) is 5.91. The van der Waals surface area contributed by atoms with E-state index in [1.807, 2.05) is 36.4 Å². The van der Waals surface area contributed by atoms with E-state index in [2.05, 4.69) is 34.1 Å². The van der Waals surface area contributed by atoms with Crippen LogP contribution in [0, 0.1) is 5.82 Å². The van der Waals surface area contributed by atoms with Crippen molar-refractivity contribution in [3.8, 4) is 5.75 Å². The molecule has 1 aliphatic rings. The Morgan fingerprint density at radius 1 is 1.03 bits per heavy atom. The minimum absolute atomic E-state index is 0.0190. The summed E-state index contributed by atoms with van der Waals surface area (Å²) in [6, 6.07) is 23.1. The first-order valence-electron chi connectivity index (χ1n) is 10.6. The maximum absolute atomic E-state index is 15.0. The number of benzene rings is 3. The number of aromatic amines is 1. The lowest BCUT2D eigenvalue weighted by molar-refractivity contribution is 0.195. The zero-order valence-corrected chi connectivity index (χ0v) is 17.2. The predicted molar refractivity (Wildman–Crippen MR) is 120 cm³/mol. The van der Waals surface area contributed by atoms with E-state index in [0.717, 1.165) is 35.5 Å². The van der Waals surface area contributed by atoms with Crippen LogP contribution in [0.4, 0.5) is 4.39 Å². The number of hydrogen-bond donors (Lipinski definition) is 2. The fourth-order valence-electron chi connectivity index (χ4n) is 4.64. The van der Waals surface area contributed by atoms with Crippen molar-refractivity contribution in [3.63, 3.8) is 0 Å². The van der Waals surface area contributed by atoms with Gasteiger partial charge in [0.2, 0.25) is 0 Å². The Hall–Kier alpha value is -3.15. The van der Waals surface area contributed by atoms with Crippen molar-refractivity contribution in [2.75, 3.05) is 19.8 Å². The third kappa shape index (κ3) is 3.82. The third-order valence-corrected chi connectivity index (χ3v) is 5.98. The lowest BCUT2D eigenvalue weighted by Crippen LogP contribution is -2.36. The number of rotatable bonds is 6. The smallest absolute Gasteiger partial charge is 0.128 e. The summed E-state index contributed by atoms with van der Waals surface area (Å²) in [5.74, 6) is 0.543. The van der Waals surface area contributed by atoms with Crippen LogP contribution in [0.2, 0.25) is 0 Å². The summed E-state index contributed by atoms with van der Waals surface area (Å²) < 4.78 is 20.5. The molecule has 2 heterocycles. The molecule has 4 aromatic rings. The molecule has 5 heteroatoms. The lowest BCUT2D eigenvalue weighted by atomic mass is 9.91. The molecule has 31 heavy (non-hydrogen) atoms. The molecule has 0 aliphatic carbocycles. The van der Waals surface area contributed by atoms with Crippen LogP contribution in [0.1, 0.15) is 28.4 Å². The molecule has 1 aromatic heterocycles. The highest BCUT2D eigenvalue weighted by Gasteiger charge is 2.33. The van der Waals surface area contributed by atoms with Gasteiger partial charge >= 0.3 is 0 Å². The number of fused-ring (bicyclic) bond motifs is 3. The van der Waals surface area contributed by atoms with Crippen LogP contribution in [0.5, 0.6) is 5.75 Å². The number of nitrogens with zero attached hydrogens (tertiary/aromatic N) is 1. The Morgan fingerprint density at radius 3 is 2.74 bits per heavy atom. The van der Waals surface area contributed by atoms with Gasteiger partial charge in [0.15, 0.2) is 0 Å². The van der Waals surface area contributed by atoms with Gasteiger partial charge in [0.25, 0.3) is 0 Å². The molecule has 2 N–H and O–H groups in total. The van der Waals surface area contributed by atoms with Crippen LogP contribution < -0.4 is 4.74 Å². The van der Waals surface area contributed by atoms with Gasteiger partial charge in [0, 0.05) is 35.2 Å². The van der Waals surface area contributed by atoms with E-state index >= 15 is 0 Å². The molecule has 0 fully saturated rings. The van der Waals surface area contributed by atoms with Crippen LogP contribution >= 0.6 is 0 Å². The van der Waals surface area contributed by atoms with E-state index in [1.165, 1.54) is 17.0 Å². The van der Waals surface area contributed by atoms with Crippen molar-refractivity contribution in [1.29, 1.82) is 0 Å². The van der Waals surface area contributed by atoms with E-state index in [4.69, 9.17) is 9.84 Å². The van der Waals surface area contributed by atoms with Gasteiger partial charge in [0.1, 0.15) is 18.2 Å². The summed E-state index contributed by atoms with van der Waals surface area (Å²) in [5, 5.41) is 10.2. The lowest BCUT2D eigenvalue weighted by Gasteiger charge is -2.36. The average molecular weight is 416 g/mol. The van der Waals surface area contributed by atoms with E-state index in [0.29, 0.717) is 12.1 Å². The van der Waals surface area contributed by atoms with E-state index in [9.17, 15) is 4.39 Å². The standard InChI is InChI=1S/C26H25FN2O2/c27-23-10-3-1-9-22(23)26-25-21(20-8-2-4-11-24(20)28-25)12-13-29(26)17-18-6-5-7-19(16-18)31-15-14-30/h1-11,16,26,28,30H,12-15,17H2. The maximum atomic E-state index is 15.0. The third-order valence-electron chi connectivity index (χ3n) is 5.98. The van der Waals surface area contributed by atoms with Crippen LogP contribution in [-0.2, 0) is 13.0 Å². The van der Waals surface area contributed by atoms with Crippen molar-refractivity contribution in [1.82, 2.24) is 9.88 Å². The number of halogens is 1. The normalized spacial score (nSPS) is 16.4. The summed E-state index contributed by atoms with van der Waals surface area (Å²) in [7, 11) is 0. The van der Waals surface area contributed by atoms with Gasteiger partial charge < -0.3 is 14.8 Å². The summed E-state index contributed by atoms with van der Waals surface area (Å²) in [5.41, 5.74) is 5.22. The SMILES string of the molecule is OCCOc1cccc(CN2CCc3c([nH]c4ccccc34)C2c2ccccc2F)c1. The molecule has 1 aliphatic heterocycles. The van der Waals surface area contributed by atoms with E-state index < -0.39 is 0 Å². The number of hydrogen-bond acceptors (Lipinski definition) is 3. The van der Waals surface area contributed by atoms with Crippen molar-refractivity contribution < 1.29 is 14.2 Å². The fourth-order valence-corrected chi connectivity index (χ4v) is 4.64. The largest absolute Gasteiger partial charge is 0.491 e. The Bertz CT molecular complexity index is 1200. The minimum atomic E-state index is -0.195. The summed E-state index contributed by atoms with van der Waals surface area (Å²) >= 11 is 0. The van der Waals surface area contributed by atoms with Gasteiger partial charge in [-0.2, -0.15) is 0 Å². The molecule has 1 unspecified atom stereocenters. The molecule has 3 aromatic carbocycles. The molecular formula is C26H25FN2O2. The summed E-state index contributed by atoms with van der Waals surface area (Å²) in [6.07, 6.45) is 0.908. The highest BCUT2D eigenvalue weighted by Crippen LogP contribution is 2.40. The van der Waals surface area contributed by atoms with Gasteiger partial charge in [-0.1, -0.05) is 48.5 Å². The van der Waals surface area contributed by atoms with Gasteiger partial charge in [-0.15, -0.1) is 0 Å². The molecule has 4 nitrogen and oxygen atoms in total. The van der Waals surface area contributed by atoms with Crippen LogP contribution in [0.25, 0.3) is 10.9 Å². The second kappa shape index (κ2) is 8.53. The molecule has 0 amide bonds. The Morgan fingerprint density at radius 2 is 1.87 bits per heavy atom. The number of ether oxygens (including phenoxy) is 1. The zero-order chi connectivity index (χ0) is 21.2. The Kier molecular flexibility index (Phi) is 5.45. The molecule has 0 saturated heterocycles. The van der Waals surface area contributed by atoms with Gasteiger partial charge in [0.05, 0.1) is 12.6 Å². The topological polar surface area (TPSA) is 48.5 Å². The summed E-state index contributed by atoms with van der Waals surface area (Å²) in [6.45, 7) is 1.75. The molecule has 1 atom stereocenters. The molecule has 0 radical (unpaired) electrons. The first kappa shape index (κ1) is 19.8. The number of aliphatic hydroxyl groups is 1. The molecule has 0 saturated carbocycles. The first-order valence-corrected chi connectivity index (χ1v) is 10.6.